The van der Waals surface area contributed by atoms with Gasteiger partial charge in [-0.15, -0.1) is 0 Å². The summed E-state index contributed by atoms with van der Waals surface area (Å²) in [5.74, 6) is 2.55. The van der Waals surface area contributed by atoms with Crippen LogP contribution in [0, 0.1) is 6.92 Å². The number of rotatable bonds is 3. The molecule has 0 radical (unpaired) electrons. The number of nitrogens with zero attached hydrogens (tertiary/aromatic N) is 4. The van der Waals surface area contributed by atoms with Gasteiger partial charge in [0.2, 0.25) is 5.95 Å². The standard InChI is InChI=1S/C19H18N6O/c1-11-22-14-5-3-4-6-15(14)25(11)19-23-17(20)16(18(21)24-19)12-7-9-13(26-2)10-8-12/h3-10H,1-2H3,(H4,20,21,23,24). The van der Waals surface area contributed by atoms with Crippen molar-refractivity contribution in [3.8, 4) is 22.8 Å². The fraction of sp³-hybridized carbons (Fsp3) is 0.105. The van der Waals surface area contributed by atoms with Crippen LogP contribution in [0.4, 0.5) is 11.6 Å². The Morgan fingerprint density at radius 1 is 0.885 bits per heavy atom. The van der Waals surface area contributed by atoms with Crippen LogP contribution in [0.3, 0.4) is 0 Å². The molecule has 0 amide bonds. The molecule has 0 aliphatic carbocycles. The molecule has 7 heteroatoms. The van der Waals surface area contributed by atoms with E-state index in [2.05, 4.69) is 15.0 Å². The predicted molar refractivity (Wildman–Crippen MR) is 102 cm³/mol. The van der Waals surface area contributed by atoms with Crippen LogP contribution in [-0.4, -0.2) is 26.6 Å². The fourth-order valence-corrected chi connectivity index (χ4v) is 3.04. The Morgan fingerprint density at radius 2 is 1.54 bits per heavy atom. The number of anilines is 2. The highest BCUT2D eigenvalue weighted by Crippen LogP contribution is 2.32. The van der Waals surface area contributed by atoms with Gasteiger partial charge in [0.25, 0.3) is 0 Å². The number of para-hydroxylation sites is 2. The molecule has 0 saturated carbocycles. The summed E-state index contributed by atoms with van der Waals surface area (Å²) in [5, 5.41) is 0. The smallest absolute Gasteiger partial charge is 0.239 e. The Kier molecular flexibility index (Phi) is 3.69. The van der Waals surface area contributed by atoms with E-state index < -0.39 is 0 Å². The first kappa shape index (κ1) is 15.9. The van der Waals surface area contributed by atoms with E-state index in [1.165, 1.54) is 0 Å². The predicted octanol–water partition coefficient (Wildman–Crippen LogP) is 2.96. The molecule has 2 heterocycles. The highest BCUT2D eigenvalue weighted by atomic mass is 16.5. The largest absolute Gasteiger partial charge is 0.497 e. The number of benzene rings is 2. The molecule has 130 valence electrons. The van der Waals surface area contributed by atoms with Gasteiger partial charge in [0.05, 0.1) is 23.7 Å². The van der Waals surface area contributed by atoms with Gasteiger partial charge in [-0.1, -0.05) is 24.3 Å². The third-order valence-corrected chi connectivity index (χ3v) is 4.26. The topological polar surface area (TPSA) is 105 Å². The molecule has 0 spiro atoms. The van der Waals surface area contributed by atoms with Crippen molar-refractivity contribution in [1.29, 1.82) is 0 Å². The van der Waals surface area contributed by atoms with E-state index in [1.54, 1.807) is 7.11 Å². The van der Waals surface area contributed by atoms with Crippen molar-refractivity contribution in [2.75, 3.05) is 18.6 Å². The Labute approximate surface area is 150 Å². The third-order valence-electron chi connectivity index (χ3n) is 4.26. The molecule has 2 aromatic carbocycles. The first-order valence-corrected chi connectivity index (χ1v) is 8.10. The van der Waals surface area contributed by atoms with Crippen LogP contribution in [0.1, 0.15) is 5.82 Å². The molecule has 0 aliphatic rings. The molecule has 0 saturated heterocycles. The molecule has 0 bridgehead atoms. The Morgan fingerprint density at radius 3 is 2.19 bits per heavy atom. The van der Waals surface area contributed by atoms with Gasteiger partial charge < -0.3 is 16.2 Å². The SMILES string of the molecule is COc1ccc(-c2c(N)nc(-n3c(C)nc4ccccc43)nc2N)cc1. The normalized spacial score (nSPS) is 11.0. The molecular formula is C19H18N6O. The van der Waals surface area contributed by atoms with Gasteiger partial charge in [-0.3, -0.25) is 4.57 Å². The van der Waals surface area contributed by atoms with Crippen LogP contribution in [0.2, 0.25) is 0 Å². The van der Waals surface area contributed by atoms with Crippen molar-refractivity contribution in [2.24, 2.45) is 0 Å². The minimum Gasteiger partial charge on any atom is -0.497 e. The number of imidazole rings is 1. The minimum atomic E-state index is 0.315. The van der Waals surface area contributed by atoms with Crippen molar-refractivity contribution in [3.05, 3.63) is 54.4 Å². The minimum absolute atomic E-state index is 0.315. The summed E-state index contributed by atoms with van der Waals surface area (Å²) in [6, 6.07) is 15.2. The van der Waals surface area contributed by atoms with Crippen LogP contribution < -0.4 is 16.2 Å². The van der Waals surface area contributed by atoms with E-state index in [1.807, 2.05) is 60.0 Å². The molecule has 0 unspecified atom stereocenters. The summed E-state index contributed by atoms with van der Waals surface area (Å²) in [7, 11) is 1.62. The van der Waals surface area contributed by atoms with Gasteiger partial charge in [0.15, 0.2) is 0 Å². The van der Waals surface area contributed by atoms with E-state index in [0.717, 1.165) is 28.2 Å². The van der Waals surface area contributed by atoms with Gasteiger partial charge in [0.1, 0.15) is 23.2 Å². The van der Waals surface area contributed by atoms with Gasteiger partial charge in [-0.25, -0.2) is 4.98 Å². The first-order valence-electron chi connectivity index (χ1n) is 8.10. The molecule has 7 nitrogen and oxygen atoms in total. The lowest BCUT2D eigenvalue weighted by Crippen LogP contribution is -2.10. The van der Waals surface area contributed by atoms with Crippen molar-refractivity contribution in [3.63, 3.8) is 0 Å². The number of ether oxygens (including phenoxy) is 1. The van der Waals surface area contributed by atoms with E-state index in [9.17, 15) is 0 Å². The maximum Gasteiger partial charge on any atom is 0.239 e. The van der Waals surface area contributed by atoms with E-state index >= 15 is 0 Å². The summed E-state index contributed by atoms with van der Waals surface area (Å²) in [4.78, 5) is 13.5. The Hall–Kier alpha value is -3.61. The fourth-order valence-electron chi connectivity index (χ4n) is 3.04. The number of hydrogen-bond donors (Lipinski definition) is 2. The second-order valence-corrected chi connectivity index (χ2v) is 5.88. The summed E-state index contributed by atoms with van der Waals surface area (Å²) < 4.78 is 7.03. The maximum atomic E-state index is 6.23. The molecule has 4 N–H and O–H groups in total. The second kappa shape index (κ2) is 6.03. The maximum absolute atomic E-state index is 6.23. The zero-order valence-electron chi connectivity index (χ0n) is 14.5. The number of nitrogens with two attached hydrogens (primary N) is 2. The zero-order chi connectivity index (χ0) is 18.3. The summed E-state index contributed by atoms with van der Waals surface area (Å²) in [6.07, 6.45) is 0. The van der Waals surface area contributed by atoms with Gasteiger partial charge in [-0.05, 0) is 36.8 Å². The zero-order valence-corrected chi connectivity index (χ0v) is 14.5. The van der Waals surface area contributed by atoms with Crippen LogP contribution in [0.5, 0.6) is 5.75 Å². The molecule has 26 heavy (non-hydrogen) atoms. The number of methoxy groups -OCH3 is 1. The second-order valence-electron chi connectivity index (χ2n) is 5.88. The average Bonchev–Trinajstić information content (AvgIpc) is 2.97. The lowest BCUT2D eigenvalue weighted by molar-refractivity contribution is 0.415. The lowest BCUT2D eigenvalue weighted by atomic mass is 10.1. The molecule has 0 fully saturated rings. The van der Waals surface area contributed by atoms with Gasteiger partial charge in [0, 0.05) is 0 Å². The third kappa shape index (κ3) is 2.50. The summed E-state index contributed by atoms with van der Waals surface area (Å²) in [6.45, 7) is 1.90. The molecule has 0 atom stereocenters. The molecule has 2 aromatic heterocycles. The first-order chi connectivity index (χ1) is 12.6. The number of aryl methyl sites for hydroxylation is 1. The number of hydrogen-bond acceptors (Lipinski definition) is 6. The monoisotopic (exact) mass is 346 g/mol. The average molecular weight is 346 g/mol. The number of fused-ring (bicyclic) bond motifs is 1. The molecule has 4 aromatic rings. The van der Waals surface area contributed by atoms with Crippen LogP contribution in [0.15, 0.2) is 48.5 Å². The van der Waals surface area contributed by atoms with Gasteiger partial charge in [-0.2, -0.15) is 9.97 Å². The summed E-state index contributed by atoms with van der Waals surface area (Å²) in [5.41, 5.74) is 15.7. The van der Waals surface area contributed by atoms with E-state index in [0.29, 0.717) is 23.1 Å². The lowest BCUT2D eigenvalue weighted by Gasteiger charge is -2.12. The molecule has 4 rings (SSSR count). The van der Waals surface area contributed by atoms with Crippen LogP contribution in [0.25, 0.3) is 28.1 Å². The molecular weight excluding hydrogens is 328 g/mol. The van der Waals surface area contributed by atoms with Crippen molar-refractivity contribution in [1.82, 2.24) is 19.5 Å². The van der Waals surface area contributed by atoms with E-state index in [4.69, 9.17) is 16.2 Å². The highest BCUT2D eigenvalue weighted by molar-refractivity contribution is 5.84. The Bertz CT molecular complexity index is 1080. The Balaban J connectivity index is 1.86. The van der Waals surface area contributed by atoms with Crippen molar-refractivity contribution >= 4 is 22.7 Å². The van der Waals surface area contributed by atoms with Crippen molar-refractivity contribution < 1.29 is 4.74 Å². The van der Waals surface area contributed by atoms with Crippen molar-refractivity contribution in [2.45, 2.75) is 6.92 Å². The number of nitrogen functional groups attached to an aromatic ring is 2. The van der Waals surface area contributed by atoms with E-state index in [-0.39, 0.29) is 0 Å². The number of aromatic nitrogens is 4. The highest BCUT2D eigenvalue weighted by Gasteiger charge is 2.16. The van der Waals surface area contributed by atoms with Gasteiger partial charge >= 0.3 is 0 Å². The molecule has 0 aliphatic heterocycles. The van der Waals surface area contributed by atoms with Crippen LogP contribution >= 0.6 is 0 Å². The quantitative estimate of drug-likeness (QED) is 0.591. The van der Waals surface area contributed by atoms with Crippen LogP contribution in [-0.2, 0) is 0 Å². The summed E-state index contributed by atoms with van der Waals surface area (Å²) >= 11 is 0.